The van der Waals surface area contributed by atoms with Crippen LogP contribution in [0.25, 0.3) is 0 Å². The number of ether oxygens (including phenoxy) is 1. The Bertz CT molecular complexity index is 693. The fourth-order valence-electron chi connectivity index (χ4n) is 1.89. The molecule has 0 saturated heterocycles. The van der Waals surface area contributed by atoms with Crippen molar-refractivity contribution in [2.75, 3.05) is 6.61 Å². The summed E-state index contributed by atoms with van der Waals surface area (Å²) in [6, 6.07) is 13.6. The number of aryl methyl sites for hydroxylation is 3. The summed E-state index contributed by atoms with van der Waals surface area (Å²) in [5, 5.41) is 3.94. The molecule has 0 heterocycles. The van der Waals surface area contributed by atoms with E-state index in [1.54, 1.807) is 6.21 Å². The zero-order valence-electron chi connectivity index (χ0n) is 13.1. The number of rotatable bonds is 5. The molecule has 0 bridgehead atoms. The van der Waals surface area contributed by atoms with E-state index in [9.17, 15) is 4.79 Å². The van der Waals surface area contributed by atoms with Gasteiger partial charge in [0.1, 0.15) is 5.75 Å². The lowest BCUT2D eigenvalue weighted by Crippen LogP contribution is -2.24. The molecule has 2 aromatic carbocycles. The fourth-order valence-corrected chi connectivity index (χ4v) is 1.89. The van der Waals surface area contributed by atoms with Crippen molar-refractivity contribution in [3.8, 4) is 5.75 Å². The Hall–Kier alpha value is -2.62. The minimum Gasteiger partial charge on any atom is -0.484 e. The van der Waals surface area contributed by atoms with Gasteiger partial charge in [0, 0.05) is 0 Å². The van der Waals surface area contributed by atoms with E-state index in [0.29, 0.717) is 5.75 Å². The van der Waals surface area contributed by atoms with Crippen LogP contribution in [0.2, 0.25) is 0 Å². The lowest BCUT2D eigenvalue weighted by atomic mass is 10.1. The Balaban J connectivity index is 1.83. The molecule has 0 aliphatic carbocycles. The second-order valence-electron chi connectivity index (χ2n) is 5.18. The molecule has 0 saturated carbocycles. The first kappa shape index (κ1) is 15.8. The average Bonchev–Trinajstić information content (AvgIpc) is 2.50. The Morgan fingerprint density at radius 3 is 2.59 bits per heavy atom. The molecule has 0 spiro atoms. The Kier molecular flexibility index (Phi) is 5.31. The maximum absolute atomic E-state index is 11.7. The number of amides is 1. The highest BCUT2D eigenvalue weighted by molar-refractivity contribution is 5.84. The van der Waals surface area contributed by atoms with Crippen molar-refractivity contribution in [1.29, 1.82) is 0 Å². The van der Waals surface area contributed by atoms with E-state index < -0.39 is 0 Å². The summed E-state index contributed by atoms with van der Waals surface area (Å²) in [7, 11) is 0. The first-order valence-electron chi connectivity index (χ1n) is 7.14. The molecular weight excluding hydrogens is 276 g/mol. The number of benzene rings is 2. The quantitative estimate of drug-likeness (QED) is 0.680. The first-order valence-corrected chi connectivity index (χ1v) is 7.14. The SMILES string of the molecule is Cc1ccc(OCC(=O)N/N=C/c2ccccc2C)cc1C. The summed E-state index contributed by atoms with van der Waals surface area (Å²) in [5.74, 6) is 0.393. The van der Waals surface area contributed by atoms with Crippen molar-refractivity contribution in [2.24, 2.45) is 5.10 Å². The molecule has 0 aromatic heterocycles. The van der Waals surface area contributed by atoms with Gasteiger partial charge in [0.05, 0.1) is 6.21 Å². The molecule has 0 fully saturated rings. The van der Waals surface area contributed by atoms with Gasteiger partial charge in [-0.1, -0.05) is 30.3 Å². The van der Waals surface area contributed by atoms with Crippen molar-refractivity contribution in [3.63, 3.8) is 0 Å². The van der Waals surface area contributed by atoms with Crippen LogP contribution in [-0.2, 0) is 4.79 Å². The molecule has 1 amide bonds. The number of hydrazone groups is 1. The van der Waals surface area contributed by atoms with Crippen LogP contribution in [0.3, 0.4) is 0 Å². The molecule has 0 aliphatic heterocycles. The minimum atomic E-state index is -0.289. The van der Waals surface area contributed by atoms with Crippen LogP contribution < -0.4 is 10.2 Å². The maximum atomic E-state index is 11.7. The van der Waals surface area contributed by atoms with Crippen LogP contribution in [0.15, 0.2) is 47.6 Å². The third-order valence-corrected chi connectivity index (χ3v) is 3.43. The van der Waals surface area contributed by atoms with E-state index in [4.69, 9.17) is 4.74 Å². The molecule has 2 rings (SSSR count). The van der Waals surface area contributed by atoms with Crippen molar-refractivity contribution in [2.45, 2.75) is 20.8 Å². The third kappa shape index (κ3) is 4.45. The van der Waals surface area contributed by atoms with E-state index in [1.807, 2.05) is 63.2 Å². The predicted octanol–water partition coefficient (Wildman–Crippen LogP) is 3.14. The van der Waals surface area contributed by atoms with Crippen LogP contribution >= 0.6 is 0 Å². The van der Waals surface area contributed by atoms with Gasteiger partial charge in [-0.05, 0) is 55.2 Å². The average molecular weight is 296 g/mol. The molecule has 0 aliphatic rings. The Morgan fingerprint density at radius 2 is 1.86 bits per heavy atom. The Labute approximate surface area is 130 Å². The highest BCUT2D eigenvalue weighted by Gasteiger charge is 2.02. The highest BCUT2D eigenvalue weighted by atomic mass is 16.5. The molecule has 1 N–H and O–H groups in total. The van der Waals surface area contributed by atoms with Gasteiger partial charge in [-0.3, -0.25) is 4.79 Å². The molecular formula is C18H20N2O2. The van der Waals surface area contributed by atoms with Gasteiger partial charge in [-0.2, -0.15) is 5.10 Å². The zero-order chi connectivity index (χ0) is 15.9. The molecule has 4 heteroatoms. The van der Waals surface area contributed by atoms with Crippen LogP contribution in [0, 0.1) is 20.8 Å². The number of nitrogens with one attached hydrogen (secondary N) is 1. The molecule has 4 nitrogen and oxygen atoms in total. The number of hydrogen-bond acceptors (Lipinski definition) is 3. The van der Waals surface area contributed by atoms with Gasteiger partial charge in [0.2, 0.25) is 0 Å². The number of carbonyl (C=O) groups excluding carboxylic acids is 1. The second kappa shape index (κ2) is 7.41. The summed E-state index contributed by atoms with van der Waals surface area (Å²) < 4.78 is 5.44. The lowest BCUT2D eigenvalue weighted by Gasteiger charge is -2.07. The van der Waals surface area contributed by atoms with Crippen molar-refractivity contribution in [1.82, 2.24) is 5.43 Å². The van der Waals surface area contributed by atoms with E-state index >= 15 is 0 Å². The van der Waals surface area contributed by atoms with Crippen LogP contribution in [0.1, 0.15) is 22.3 Å². The summed E-state index contributed by atoms with van der Waals surface area (Å²) in [5.41, 5.74) is 6.86. The molecule has 2 aromatic rings. The van der Waals surface area contributed by atoms with Gasteiger partial charge >= 0.3 is 0 Å². The van der Waals surface area contributed by atoms with Crippen LogP contribution in [0.4, 0.5) is 0 Å². The van der Waals surface area contributed by atoms with E-state index in [0.717, 1.165) is 16.7 Å². The largest absolute Gasteiger partial charge is 0.484 e. The highest BCUT2D eigenvalue weighted by Crippen LogP contribution is 2.16. The summed E-state index contributed by atoms with van der Waals surface area (Å²) in [6.07, 6.45) is 1.63. The summed E-state index contributed by atoms with van der Waals surface area (Å²) in [4.78, 5) is 11.7. The number of nitrogens with zero attached hydrogens (tertiary/aromatic N) is 1. The normalized spacial score (nSPS) is 10.7. The van der Waals surface area contributed by atoms with Gasteiger partial charge in [0.25, 0.3) is 5.91 Å². The van der Waals surface area contributed by atoms with Gasteiger partial charge in [-0.15, -0.1) is 0 Å². The third-order valence-electron chi connectivity index (χ3n) is 3.43. The van der Waals surface area contributed by atoms with Crippen molar-refractivity contribution in [3.05, 3.63) is 64.7 Å². The standard InChI is InChI=1S/C18H20N2O2/c1-13-8-9-17(10-15(13)3)22-12-18(21)20-19-11-16-7-5-4-6-14(16)2/h4-11H,12H2,1-3H3,(H,20,21)/b19-11+. The summed E-state index contributed by atoms with van der Waals surface area (Å²) in [6.45, 7) is 5.97. The first-order chi connectivity index (χ1) is 10.6. The predicted molar refractivity (Wildman–Crippen MR) is 88.3 cm³/mol. The number of hydrogen-bond donors (Lipinski definition) is 1. The smallest absolute Gasteiger partial charge is 0.277 e. The second-order valence-corrected chi connectivity index (χ2v) is 5.18. The molecule has 0 atom stereocenters. The van der Waals surface area contributed by atoms with Crippen LogP contribution in [0.5, 0.6) is 5.75 Å². The topological polar surface area (TPSA) is 50.7 Å². The fraction of sp³-hybridized carbons (Fsp3) is 0.222. The van der Waals surface area contributed by atoms with E-state index in [-0.39, 0.29) is 12.5 Å². The molecule has 0 unspecified atom stereocenters. The van der Waals surface area contributed by atoms with Crippen molar-refractivity contribution >= 4 is 12.1 Å². The Morgan fingerprint density at radius 1 is 1.09 bits per heavy atom. The van der Waals surface area contributed by atoms with E-state index in [1.165, 1.54) is 5.56 Å². The van der Waals surface area contributed by atoms with Crippen LogP contribution in [-0.4, -0.2) is 18.7 Å². The molecule has 114 valence electrons. The summed E-state index contributed by atoms with van der Waals surface area (Å²) >= 11 is 0. The molecule has 22 heavy (non-hydrogen) atoms. The zero-order valence-corrected chi connectivity index (χ0v) is 13.1. The van der Waals surface area contributed by atoms with Gasteiger partial charge in [0.15, 0.2) is 6.61 Å². The minimum absolute atomic E-state index is 0.0619. The van der Waals surface area contributed by atoms with E-state index in [2.05, 4.69) is 10.5 Å². The monoisotopic (exact) mass is 296 g/mol. The van der Waals surface area contributed by atoms with Gasteiger partial charge < -0.3 is 4.74 Å². The van der Waals surface area contributed by atoms with Crippen molar-refractivity contribution < 1.29 is 9.53 Å². The maximum Gasteiger partial charge on any atom is 0.277 e. The number of carbonyl (C=O) groups is 1. The molecule has 0 radical (unpaired) electrons. The lowest BCUT2D eigenvalue weighted by molar-refractivity contribution is -0.123. The van der Waals surface area contributed by atoms with Gasteiger partial charge in [-0.25, -0.2) is 5.43 Å².